The standard InChI is InChI=1S/C20H13ClN6O/c21-13-7-15-19(24-10-23-15)16(8-13)26-20(28)12-5-6-18(22-9-12)27-11-25-14-3-1-2-4-17(14)27/h1-11H,(H,23,24)(H,26,28). The zero-order chi connectivity index (χ0) is 19.1. The highest BCUT2D eigenvalue weighted by molar-refractivity contribution is 6.32. The van der Waals surface area contributed by atoms with E-state index in [0.29, 0.717) is 27.6 Å². The highest BCUT2D eigenvalue weighted by Gasteiger charge is 2.12. The van der Waals surface area contributed by atoms with E-state index in [1.165, 1.54) is 6.20 Å². The number of anilines is 1. The molecule has 5 aromatic rings. The van der Waals surface area contributed by atoms with E-state index in [2.05, 4.69) is 25.3 Å². The Balaban J connectivity index is 1.44. The number of carbonyl (C=O) groups is 1. The topological polar surface area (TPSA) is 88.5 Å². The molecule has 0 aliphatic carbocycles. The maximum atomic E-state index is 12.6. The molecule has 0 bridgehead atoms. The Kier molecular flexibility index (Phi) is 3.80. The molecule has 2 aromatic carbocycles. The van der Waals surface area contributed by atoms with E-state index in [-0.39, 0.29) is 5.91 Å². The molecule has 7 nitrogen and oxygen atoms in total. The fraction of sp³-hybridized carbons (Fsp3) is 0. The Hall–Kier alpha value is -3.71. The van der Waals surface area contributed by atoms with Crippen LogP contribution in [0.2, 0.25) is 5.02 Å². The van der Waals surface area contributed by atoms with E-state index in [1.807, 2.05) is 28.8 Å². The number of hydrogen-bond donors (Lipinski definition) is 2. The van der Waals surface area contributed by atoms with E-state index in [9.17, 15) is 4.79 Å². The molecule has 8 heteroatoms. The average molecular weight is 389 g/mol. The largest absolute Gasteiger partial charge is 0.344 e. The summed E-state index contributed by atoms with van der Waals surface area (Å²) in [5.41, 5.74) is 4.20. The Bertz CT molecular complexity index is 1320. The maximum Gasteiger partial charge on any atom is 0.257 e. The van der Waals surface area contributed by atoms with Crippen molar-refractivity contribution in [1.82, 2.24) is 24.5 Å². The van der Waals surface area contributed by atoms with Gasteiger partial charge in [-0.2, -0.15) is 0 Å². The van der Waals surface area contributed by atoms with E-state index in [4.69, 9.17) is 11.6 Å². The molecular formula is C20H13ClN6O. The van der Waals surface area contributed by atoms with Crippen LogP contribution in [0.25, 0.3) is 27.9 Å². The van der Waals surface area contributed by atoms with Crippen molar-refractivity contribution < 1.29 is 4.79 Å². The summed E-state index contributed by atoms with van der Waals surface area (Å²) in [6.45, 7) is 0. The van der Waals surface area contributed by atoms with Crippen molar-refractivity contribution in [1.29, 1.82) is 0 Å². The van der Waals surface area contributed by atoms with E-state index < -0.39 is 0 Å². The summed E-state index contributed by atoms with van der Waals surface area (Å²) < 4.78 is 1.88. The first-order valence-corrected chi connectivity index (χ1v) is 8.89. The predicted octanol–water partition coefficient (Wildman–Crippen LogP) is 4.20. The van der Waals surface area contributed by atoms with Gasteiger partial charge >= 0.3 is 0 Å². The third kappa shape index (κ3) is 2.78. The molecule has 0 aliphatic rings. The van der Waals surface area contributed by atoms with Crippen LogP contribution in [0.4, 0.5) is 5.69 Å². The van der Waals surface area contributed by atoms with Gasteiger partial charge in [0.05, 0.1) is 34.1 Å². The molecule has 3 heterocycles. The van der Waals surface area contributed by atoms with Crippen molar-refractivity contribution in [2.75, 3.05) is 5.32 Å². The van der Waals surface area contributed by atoms with Crippen molar-refractivity contribution in [3.8, 4) is 5.82 Å². The summed E-state index contributed by atoms with van der Waals surface area (Å²) in [4.78, 5) is 28.6. The van der Waals surface area contributed by atoms with Gasteiger partial charge in [0.2, 0.25) is 0 Å². The Morgan fingerprint density at radius 2 is 1.96 bits per heavy atom. The molecule has 1 amide bonds. The third-order valence-corrected chi connectivity index (χ3v) is 4.67. The summed E-state index contributed by atoms with van der Waals surface area (Å²) >= 11 is 6.12. The number of rotatable bonds is 3. The number of hydrogen-bond acceptors (Lipinski definition) is 4. The number of para-hydroxylation sites is 2. The second-order valence-corrected chi connectivity index (χ2v) is 6.65. The first kappa shape index (κ1) is 16.5. The number of halogens is 1. The number of fused-ring (bicyclic) bond motifs is 2. The van der Waals surface area contributed by atoms with Gasteiger partial charge in [-0.15, -0.1) is 0 Å². The fourth-order valence-electron chi connectivity index (χ4n) is 3.11. The van der Waals surface area contributed by atoms with Gasteiger partial charge < -0.3 is 10.3 Å². The van der Waals surface area contributed by atoms with Gasteiger partial charge in [-0.25, -0.2) is 15.0 Å². The molecule has 0 fully saturated rings. The number of carbonyl (C=O) groups excluding carboxylic acids is 1. The van der Waals surface area contributed by atoms with Crippen LogP contribution in [-0.2, 0) is 0 Å². The first-order valence-electron chi connectivity index (χ1n) is 8.51. The molecule has 0 radical (unpaired) electrons. The molecule has 0 unspecified atom stereocenters. The molecule has 2 N–H and O–H groups in total. The minimum absolute atomic E-state index is 0.291. The Morgan fingerprint density at radius 3 is 2.82 bits per heavy atom. The SMILES string of the molecule is O=C(Nc1cc(Cl)cc2[nH]cnc12)c1ccc(-n2cnc3ccccc32)nc1. The molecule has 5 rings (SSSR count). The second-order valence-electron chi connectivity index (χ2n) is 6.21. The number of benzene rings is 2. The smallest absolute Gasteiger partial charge is 0.257 e. The maximum absolute atomic E-state index is 12.6. The lowest BCUT2D eigenvalue weighted by molar-refractivity contribution is 0.102. The van der Waals surface area contributed by atoms with Crippen molar-refractivity contribution >= 4 is 45.3 Å². The lowest BCUT2D eigenvalue weighted by atomic mass is 10.2. The van der Waals surface area contributed by atoms with E-state index in [1.54, 1.807) is 36.9 Å². The van der Waals surface area contributed by atoms with Gasteiger partial charge in [0.25, 0.3) is 5.91 Å². The summed E-state index contributed by atoms with van der Waals surface area (Å²) in [5.74, 6) is 0.392. The summed E-state index contributed by atoms with van der Waals surface area (Å²) in [6.07, 6.45) is 4.81. The number of H-pyrrole nitrogens is 1. The molecular weight excluding hydrogens is 376 g/mol. The number of aromatic nitrogens is 5. The van der Waals surface area contributed by atoms with Crippen molar-refractivity contribution in [2.45, 2.75) is 0 Å². The van der Waals surface area contributed by atoms with Crippen LogP contribution in [0.15, 0.2) is 67.4 Å². The summed E-state index contributed by atoms with van der Waals surface area (Å²) in [7, 11) is 0. The molecule has 0 atom stereocenters. The lowest BCUT2D eigenvalue weighted by Crippen LogP contribution is -2.13. The van der Waals surface area contributed by atoms with Crippen LogP contribution >= 0.6 is 11.6 Å². The molecule has 3 aromatic heterocycles. The summed E-state index contributed by atoms with van der Waals surface area (Å²) in [6, 6.07) is 14.7. The second kappa shape index (κ2) is 6.47. The van der Waals surface area contributed by atoms with Gasteiger partial charge in [0, 0.05) is 11.2 Å². The van der Waals surface area contributed by atoms with Gasteiger partial charge in [-0.1, -0.05) is 23.7 Å². The number of amides is 1. The average Bonchev–Trinajstić information content (AvgIpc) is 3.35. The van der Waals surface area contributed by atoms with Gasteiger partial charge in [0.1, 0.15) is 17.7 Å². The van der Waals surface area contributed by atoms with Crippen molar-refractivity contribution in [3.05, 3.63) is 78.0 Å². The molecule has 0 saturated heterocycles. The molecule has 28 heavy (non-hydrogen) atoms. The molecule has 0 saturated carbocycles. The number of imidazole rings is 2. The molecule has 0 aliphatic heterocycles. The lowest BCUT2D eigenvalue weighted by Gasteiger charge is -2.08. The molecule has 136 valence electrons. The zero-order valence-electron chi connectivity index (χ0n) is 14.4. The quantitative estimate of drug-likeness (QED) is 0.484. The van der Waals surface area contributed by atoms with E-state index in [0.717, 1.165) is 16.6 Å². The van der Waals surface area contributed by atoms with Crippen LogP contribution in [-0.4, -0.2) is 30.4 Å². The number of nitrogens with zero attached hydrogens (tertiary/aromatic N) is 4. The van der Waals surface area contributed by atoms with Crippen LogP contribution < -0.4 is 5.32 Å². The van der Waals surface area contributed by atoms with Crippen molar-refractivity contribution in [3.63, 3.8) is 0 Å². The van der Waals surface area contributed by atoms with Crippen molar-refractivity contribution in [2.24, 2.45) is 0 Å². The van der Waals surface area contributed by atoms with Gasteiger partial charge in [0.15, 0.2) is 0 Å². The Morgan fingerprint density at radius 1 is 1.07 bits per heavy atom. The monoisotopic (exact) mass is 388 g/mol. The van der Waals surface area contributed by atoms with Gasteiger partial charge in [-0.3, -0.25) is 9.36 Å². The number of pyridine rings is 1. The molecule has 0 spiro atoms. The van der Waals surface area contributed by atoms with Crippen LogP contribution in [0.3, 0.4) is 0 Å². The van der Waals surface area contributed by atoms with Crippen LogP contribution in [0, 0.1) is 0 Å². The summed E-state index contributed by atoms with van der Waals surface area (Å²) in [5, 5.41) is 3.35. The first-order chi connectivity index (χ1) is 13.7. The number of aromatic amines is 1. The van der Waals surface area contributed by atoms with Crippen LogP contribution in [0.1, 0.15) is 10.4 Å². The Labute approximate surface area is 164 Å². The fourth-order valence-corrected chi connectivity index (χ4v) is 3.33. The highest BCUT2D eigenvalue weighted by Crippen LogP contribution is 2.26. The van der Waals surface area contributed by atoms with E-state index >= 15 is 0 Å². The number of nitrogens with one attached hydrogen (secondary N) is 2. The minimum atomic E-state index is -0.291. The minimum Gasteiger partial charge on any atom is -0.344 e. The third-order valence-electron chi connectivity index (χ3n) is 4.45. The highest BCUT2D eigenvalue weighted by atomic mass is 35.5. The van der Waals surface area contributed by atoms with Crippen LogP contribution in [0.5, 0.6) is 0 Å². The normalized spacial score (nSPS) is 11.2. The zero-order valence-corrected chi connectivity index (χ0v) is 15.2. The van der Waals surface area contributed by atoms with Gasteiger partial charge in [-0.05, 0) is 36.4 Å². The predicted molar refractivity (Wildman–Crippen MR) is 108 cm³/mol.